The van der Waals surface area contributed by atoms with Gasteiger partial charge in [0.05, 0.1) is 7.11 Å². The third kappa shape index (κ3) is 2.82. The number of ether oxygens (including phenoxy) is 1. The molecule has 0 aliphatic rings. The van der Waals surface area contributed by atoms with Crippen LogP contribution in [0.5, 0.6) is 0 Å². The van der Waals surface area contributed by atoms with Crippen LogP contribution in [-0.2, 0) is 4.74 Å². The molecule has 3 rings (SSSR count). The van der Waals surface area contributed by atoms with E-state index in [1.165, 1.54) is 18.4 Å². The highest BCUT2D eigenvalue weighted by Crippen LogP contribution is 2.39. The molecule has 0 aliphatic heterocycles. The second-order valence-electron chi connectivity index (χ2n) is 4.57. The van der Waals surface area contributed by atoms with Gasteiger partial charge in [-0.05, 0) is 33.6 Å². The van der Waals surface area contributed by atoms with Crippen molar-refractivity contribution < 1.29 is 9.53 Å². The molecule has 0 bridgehead atoms. The van der Waals surface area contributed by atoms with Gasteiger partial charge in [0, 0.05) is 32.9 Å². The van der Waals surface area contributed by atoms with E-state index < -0.39 is 0 Å². The summed E-state index contributed by atoms with van der Waals surface area (Å²) >= 11 is 4.93. The maximum atomic E-state index is 12.1. The highest BCUT2D eigenvalue weighted by Gasteiger charge is 2.20. The molecule has 0 fully saturated rings. The molecule has 0 saturated carbocycles. The van der Waals surface area contributed by atoms with Gasteiger partial charge in [-0.2, -0.15) is 0 Å². The number of nitrogens with zero attached hydrogens (tertiary/aromatic N) is 1. The van der Waals surface area contributed by atoms with Gasteiger partial charge in [0.15, 0.2) is 0 Å². The highest BCUT2D eigenvalue weighted by atomic mass is 79.9. The first-order valence-electron chi connectivity index (χ1n) is 6.58. The van der Waals surface area contributed by atoms with Gasteiger partial charge in [-0.3, -0.25) is 4.98 Å². The highest BCUT2D eigenvalue weighted by molar-refractivity contribution is 9.10. The summed E-state index contributed by atoms with van der Waals surface area (Å²) in [6.45, 7) is 0. The molecule has 0 radical (unpaired) electrons. The predicted octanol–water partition coefficient (Wildman–Crippen LogP) is 5.03. The Morgan fingerprint density at radius 3 is 2.64 bits per heavy atom. The number of rotatable bonds is 3. The van der Waals surface area contributed by atoms with E-state index in [1.807, 2.05) is 42.5 Å². The fourth-order valence-electron chi connectivity index (χ4n) is 2.17. The Morgan fingerprint density at radius 2 is 1.95 bits per heavy atom. The molecule has 0 saturated heterocycles. The van der Waals surface area contributed by atoms with Crippen molar-refractivity contribution >= 4 is 33.2 Å². The molecule has 3 aromatic rings. The van der Waals surface area contributed by atoms with E-state index in [1.54, 1.807) is 12.4 Å². The molecule has 3 nitrogen and oxygen atoms in total. The van der Waals surface area contributed by atoms with E-state index in [4.69, 9.17) is 4.74 Å². The number of esters is 1. The second kappa shape index (κ2) is 6.42. The lowest BCUT2D eigenvalue weighted by molar-refractivity contribution is 0.0607. The van der Waals surface area contributed by atoms with Crippen LogP contribution in [0.2, 0.25) is 0 Å². The quantitative estimate of drug-likeness (QED) is 0.604. The number of carbonyl (C=O) groups excluding carboxylic acids is 1. The molecule has 2 heterocycles. The molecule has 0 spiro atoms. The van der Waals surface area contributed by atoms with Crippen LogP contribution in [0.1, 0.15) is 9.67 Å². The van der Waals surface area contributed by atoms with E-state index in [-0.39, 0.29) is 5.97 Å². The Bertz CT molecular complexity index is 815. The summed E-state index contributed by atoms with van der Waals surface area (Å²) in [5.74, 6) is -0.328. The average Bonchev–Trinajstić information content (AvgIpc) is 3.00. The summed E-state index contributed by atoms with van der Waals surface area (Å²) < 4.78 is 5.77. The maximum Gasteiger partial charge on any atom is 0.348 e. The molecular weight excluding hydrogens is 362 g/mol. The van der Waals surface area contributed by atoms with Crippen molar-refractivity contribution in [3.63, 3.8) is 0 Å². The van der Waals surface area contributed by atoms with Crippen LogP contribution in [0.15, 0.2) is 59.3 Å². The lowest BCUT2D eigenvalue weighted by Gasteiger charge is -2.04. The van der Waals surface area contributed by atoms with Gasteiger partial charge in [-0.15, -0.1) is 11.3 Å². The van der Waals surface area contributed by atoms with Crippen molar-refractivity contribution in [2.24, 2.45) is 0 Å². The molecule has 22 heavy (non-hydrogen) atoms. The first-order valence-corrected chi connectivity index (χ1v) is 8.19. The molecule has 1 aromatic carbocycles. The first-order chi connectivity index (χ1) is 10.7. The van der Waals surface area contributed by atoms with Crippen molar-refractivity contribution in [2.45, 2.75) is 0 Å². The number of aromatic nitrogens is 1. The Morgan fingerprint density at radius 1 is 1.18 bits per heavy atom. The van der Waals surface area contributed by atoms with Crippen LogP contribution >= 0.6 is 27.3 Å². The van der Waals surface area contributed by atoms with Crippen LogP contribution < -0.4 is 0 Å². The average molecular weight is 374 g/mol. The SMILES string of the molecule is COC(=O)c1sc(-c2ccccc2)cc1-c1ccncc1Br. The Kier molecular flexibility index (Phi) is 4.36. The minimum Gasteiger partial charge on any atom is -0.465 e. The Balaban J connectivity index is 2.19. The largest absolute Gasteiger partial charge is 0.465 e. The molecule has 0 N–H and O–H groups in total. The van der Waals surface area contributed by atoms with Gasteiger partial charge in [0.2, 0.25) is 0 Å². The number of benzene rings is 1. The molecule has 5 heteroatoms. The number of halogens is 1. The third-order valence-electron chi connectivity index (χ3n) is 3.22. The van der Waals surface area contributed by atoms with Gasteiger partial charge in [-0.25, -0.2) is 4.79 Å². The van der Waals surface area contributed by atoms with Crippen LogP contribution in [0, 0.1) is 0 Å². The minimum atomic E-state index is -0.328. The molecule has 0 atom stereocenters. The van der Waals surface area contributed by atoms with Crippen molar-refractivity contribution in [2.75, 3.05) is 7.11 Å². The number of methoxy groups -OCH3 is 1. The van der Waals surface area contributed by atoms with E-state index in [9.17, 15) is 4.79 Å². The van der Waals surface area contributed by atoms with Crippen LogP contribution in [-0.4, -0.2) is 18.1 Å². The zero-order chi connectivity index (χ0) is 15.5. The summed E-state index contributed by atoms with van der Waals surface area (Å²) in [5, 5.41) is 0. The van der Waals surface area contributed by atoms with Gasteiger partial charge in [0.1, 0.15) is 4.88 Å². The lowest BCUT2D eigenvalue weighted by Crippen LogP contribution is -1.99. The summed E-state index contributed by atoms with van der Waals surface area (Å²) in [5.41, 5.74) is 2.85. The summed E-state index contributed by atoms with van der Waals surface area (Å²) in [6.07, 6.45) is 3.43. The molecule has 0 aliphatic carbocycles. The molecular formula is C17H12BrNO2S. The second-order valence-corrected chi connectivity index (χ2v) is 6.47. The van der Waals surface area contributed by atoms with Gasteiger partial charge >= 0.3 is 5.97 Å². The van der Waals surface area contributed by atoms with Crippen molar-refractivity contribution in [3.8, 4) is 21.6 Å². The number of pyridine rings is 1. The maximum absolute atomic E-state index is 12.1. The van der Waals surface area contributed by atoms with Crippen molar-refractivity contribution in [3.05, 3.63) is 64.2 Å². The predicted molar refractivity (Wildman–Crippen MR) is 92.0 cm³/mol. The van der Waals surface area contributed by atoms with E-state index in [0.717, 1.165) is 26.0 Å². The van der Waals surface area contributed by atoms with E-state index >= 15 is 0 Å². The monoisotopic (exact) mass is 373 g/mol. The Hall–Kier alpha value is -1.98. The smallest absolute Gasteiger partial charge is 0.348 e. The number of hydrogen-bond donors (Lipinski definition) is 0. The van der Waals surface area contributed by atoms with Crippen molar-refractivity contribution in [1.29, 1.82) is 0 Å². The topological polar surface area (TPSA) is 39.2 Å². The standard InChI is InChI=1S/C17H12BrNO2S/c1-21-17(20)16-13(12-7-8-19-10-14(12)18)9-15(22-16)11-5-3-2-4-6-11/h2-10H,1H3. The fraction of sp³-hybridized carbons (Fsp3) is 0.0588. The van der Waals surface area contributed by atoms with E-state index in [0.29, 0.717) is 4.88 Å². The normalized spacial score (nSPS) is 10.5. The molecule has 0 unspecified atom stereocenters. The first kappa shape index (κ1) is 14.9. The van der Waals surface area contributed by atoms with Crippen molar-refractivity contribution in [1.82, 2.24) is 4.98 Å². The lowest BCUT2D eigenvalue weighted by atomic mass is 10.1. The van der Waals surface area contributed by atoms with Gasteiger partial charge in [-0.1, -0.05) is 30.3 Å². The van der Waals surface area contributed by atoms with Crippen LogP contribution in [0.4, 0.5) is 0 Å². The van der Waals surface area contributed by atoms with Crippen LogP contribution in [0.25, 0.3) is 21.6 Å². The molecule has 110 valence electrons. The minimum absolute atomic E-state index is 0.328. The molecule has 2 aromatic heterocycles. The fourth-order valence-corrected chi connectivity index (χ4v) is 3.73. The summed E-state index contributed by atoms with van der Waals surface area (Å²) in [6, 6.07) is 13.9. The molecule has 0 amide bonds. The zero-order valence-corrected chi connectivity index (χ0v) is 14.1. The third-order valence-corrected chi connectivity index (χ3v) is 5.02. The number of carbonyl (C=O) groups is 1. The zero-order valence-electron chi connectivity index (χ0n) is 11.7. The Labute approximate surface area is 140 Å². The van der Waals surface area contributed by atoms with Crippen LogP contribution in [0.3, 0.4) is 0 Å². The number of hydrogen-bond acceptors (Lipinski definition) is 4. The summed E-state index contributed by atoms with van der Waals surface area (Å²) in [4.78, 5) is 17.8. The van der Waals surface area contributed by atoms with Gasteiger partial charge in [0.25, 0.3) is 0 Å². The summed E-state index contributed by atoms with van der Waals surface area (Å²) in [7, 11) is 1.40. The van der Waals surface area contributed by atoms with Gasteiger partial charge < -0.3 is 4.74 Å². The number of thiophene rings is 1. The van der Waals surface area contributed by atoms with E-state index in [2.05, 4.69) is 20.9 Å².